The maximum atomic E-state index is 15.1. The second kappa shape index (κ2) is 7.90. The van der Waals surface area contributed by atoms with Crippen molar-refractivity contribution in [3.63, 3.8) is 0 Å². The number of aryl methyl sites for hydroxylation is 1. The third kappa shape index (κ3) is 3.60. The molecule has 6 nitrogen and oxygen atoms in total. The first kappa shape index (κ1) is 18.4. The number of pyridine rings is 1. The van der Waals surface area contributed by atoms with Crippen molar-refractivity contribution in [1.29, 1.82) is 0 Å². The molecule has 0 saturated heterocycles. The molecule has 0 saturated carbocycles. The van der Waals surface area contributed by atoms with Crippen LogP contribution < -0.4 is 0 Å². The number of ketones is 1. The van der Waals surface area contributed by atoms with Crippen LogP contribution in [0.4, 0.5) is 4.39 Å². The average molecular weight is 378 g/mol. The number of carbonyl (C=O) groups is 1. The Hall–Kier alpha value is -2.35. The lowest BCUT2D eigenvalue weighted by atomic mass is 9.96. The minimum Gasteiger partial charge on any atom is -0.394 e. The quantitative estimate of drug-likeness (QED) is 0.505. The summed E-state index contributed by atoms with van der Waals surface area (Å²) in [7, 11) is 1.73. The molecule has 8 heteroatoms. The number of imidazole rings is 1. The summed E-state index contributed by atoms with van der Waals surface area (Å²) < 4.78 is 21.9. The van der Waals surface area contributed by atoms with Crippen LogP contribution in [-0.2, 0) is 18.2 Å². The Bertz CT molecular complexity index is 958. The molecule has 0 atom stereocenters. The summed E-state index contributed by atoms with van der Waals surface area (Å²) in [5.74, 6) is -0.929. The molecule has 0 amide bonds. The van der Waals surface area contributed by atoms with Gasteiger partial charge in [0.05, 0.1) is 30.1 Å². The number of nitrogens with zero attached hydrogens (tertiary/aromatic N) is 3. The summed E-state index contributed by atoms with van der Waals surface area (Å²) in [5.41, 5.74) is 1.78. The van der Waals surface area contributed by atoms with Gasteiger partial charge in [-0.2, -0.15) is 0 Å². The molecule has 3 rings (SSSR count). The number of aromatic nitrogens is 3. The molecular weight excluding hydrogens is 361 g/mol. The summed E-state index contributed by atoms with van der Waals surface area (Å²) in [6.45, 7) is -0.407. The molecule has 3 aromatic rings. The molecule has 0 bridgehead atoms. The number of carbonyl (C=O) groups excluding carboxylic acids is 1. The molecule has 0 aliphatic heterocycles. The van der Waals surface area contributed by atoms with Crippen molar-refractivity contribution in [1.82, 2.24) is 14.5 Å². The number of ether oxygens (including phenoxy) is 1. The zero-order valence-electron chi connectivity index (χ0n) is 14.1. The highest BCUT2D eigenvalue weighted by atomic mass is 35.5. The molecule has 0 unspecified atom stereocenters. The van der Waals surface area contributed by atoms with Gasteiger partial charge < -0.3 is 14.4 Å². The van der Waals surface area contributed by atoms with Crippen molar-refractivity contribution in [3.8, 4) is 0 Å². The van der Waals surface area contributed by atoms with Crippen LogP contribution in [0.3, 0.4) is 0 Å². The predicted molar refractivity (Wildman–Crippen MR) is 95.0 cm³/mol. The standard InChI is InChI=1S/C18H17ClFN3O3/c1-23-10-22-18-15(23)7-12(16(25)9-26-5-4-24)13(17(18)20)6-11-2-3-21-8-14(11)19/h2-3,7-8,10,24H,4-6,9H2,1H3. The van der Waals surface area contributed by atoms with E-state index in [2.05, 4.69) is 9.97 Å². The van der Waals surface area contributed by atoms with E-state index in [1.807, 2.05) is 0 Å². The van der Waals surface area contributed by atoms with Gasteiger partial charge >= 0.3 is 0 Å². The molecule has 0 aliphatic carbocycles. The highest BCUT2D eigenvalue weighted by molar-refractivity contribution is 6.31. The number of aliphatic hydroxyl groups is 1. The highest BCUT2D eigenvalue weighted by Gasteiger charge is 2.22. The fraction of sp³-hybridized carbons (Fsp3) is 0.278. The number of aliphatic hydroxyl groups excluding tert-OH is 1. The number of hydrogen-bond acceptors (Lipinski definition) is 5. The van der Waals surface area contributed by atoms with Crippen LogP contribution in [0, 0.1) is 5.82 Å². The third-order valence-corrected chi connectivity index (χ3v) is 4.39. The normalized spacial score (nSPS) is 11.2. The molecule has 0 radical (unpaired) electrons. The second-order valence-corrected chi connectivity index (χ2v) is 6.19. The van der Waals surface area contributed by atoms with Crippen LogP contribution in [0.5, 0.6) is 0 Å². The first-order valence-corrected chi connectivity index (χ1v) is 8.33. The van der Waals surface area contributed by atoms with E-state index in [9.17, 15) is 4.79 Å². The molecule has 0 fully saturated rings. The lowest BCUT2D eigenvalue weighted by Crippen LogP contribution is -2.15. The summed E-state index contributed by atoms with van der Waals surface area (Å²) >= 11 is 6.14. The smallest absolute Gasteiger partial charge is 0.188 e. The fourth-order valence-corrected chi connectivity index (χ4v) is 2.92. The van der Waals surface area contributed by atoms with Gasteiger partial charge in [0, 0.05) is 37.0 Å². The fourth-order valence-electron chi connectivity index (χ4n) is 2.73. The Morgan fingerprint density at radius 1 is 1.46 bits per heavy atom. The van der Waals surface area contributed by atoms with Crippen molar-refractivity contribution in [2.75, 3.05) is 19.8 Å². The minimum absolute atomic E-state index is 0.0354. The van der Waals surface area contributed by atoms with Crippen LogP contribution in [0.1, 0.15) is 21.5 Å². The van der Waals surface area contributed by atoms with Gasteiger partial charge in [0.25, 0.3) is 0 Å². The van der Waals surface area contributed by atoms with Crippen molar-refractivity contribution in [3.05, 3.63) is 58.4 Å². The van der Waals surface area contributed by atoms with E-state index in [0.29, 0.717) is 16.1 Å². The van der Waals surface area contributed by atoms with Gasteiger partial charge in [-0.3, -0.25) is 9.78 Å². The highest BCUT2D eigenvalue weighted by Crippen LogP contribution is 2.28. The van der Waals surface area contributed by atoms with Crippen molar-refractivity contribution < 1.29 is 19.0 Å². The molecule has 0 aliphatic rings. The van der Waals surface area contributed by atoms with E-state index >= 15 is 4.39 Å². The van der Waals surface area contributed by atoms with Crippen LogP contribution >= 0.6 is 11.6 Å². The second-order valence-electron chi connectivity index (χ2n) is 5.78. The molecule has 2 aromatic heterocycles. The monoisotopic (exact) mass is 377 g/mol. The summed E-state index contributed by atoms with van der Waals surface area (Å²) in [6.07, 6.45) is 4.65. The van der Waals surface area contributed by atoms with Gasteiger partial charge in [0.15, 0.2) is 11.6 Å². The largest absolute Gasteiger partial charge is 0.394 e. The zero-order valence-corrected chi connectivity index (χ0v) is 14.8. The number of rotatable bonds is 7. The molecular formula is C18H17ClFN3O3. The summed E-state index contributed by atoms with van der Waals surface area (Å²) in [5, 5.41) is 9.19. The number of halogens is 2. The number of hydrogen-bond donors (Lipinski definition) is 1. The minimum atomic E-state index is -0.554. The van der Waals surface area contributed by atoms with Crippen molar-refractivity contribution in [2.45, 2.75) is 6.42 Å². The third-order valence-electron chi connectivity index (χ3n) is 4.05. The van der Waals surface area contributed by atoms with E-state index in [0.717, 1.165) is 0 Å². The summed E-state index contributed by atoms with van der Waals surface area (Å²) in [4.78, 5) is 20.6. The Kier molecular flexibility index (Phi) is 5.61. The van der Waals surface area contributed by atoms with Gasteiger partial charge in [-0.1, -0.05) is 11.6 Å². The van der Waals surface area contributed by atoms with Crippen LogP contribution in [0.2, 0.25) is 5.02 Å². The first-order chi connectivity index (χ1) is 12.5. The van der Waals surface area contributed by atoms with E-state index in [-0.39, 0.29) is 48.7 Å². The van der Waals surface area contributed by atoms with Crippen molar-refractivity contribution in [2.24, 2.45) is 7.05 Å². The first-order valence-electron chi connectivity index (χ1n) is 7.95. The predicted octanol–water partition coefficient (Wildman–Crippen LogP) is 2.54. The maximum absolute atomic E-state index is 15.1. The molecule has 1 N–H and O–H groups in total. The molecule has 26 heavy (non-hydrogen) atoms. The van der Waals surface area contributed by atoms with E-state index in [1.54, 1.807) is 29.9 Å². The number of fused-ring (bicyclic) bond motifs is 1. The van der Waals surface area contributed by atoms with Gasteiger partial charge in [-0.25, -0.2) is 9.37 Å². The van der Waals surface area contributed by atoms with Crippen LogP contribution in [0.25, 0.3) is 11.0 Å². The molecule has 136 valence electrons. The molecule has 1 aromatic carbocycles. The Labute approximate surface area is 154 Å². The van der Waals surface area contributed by atoms with Gasteiger partial charge in [0.1, 0.15) is 12.1 Å². The van der Waals surface area contributed by atoms with Crippen LogP contribution in [-0.4, -0.2) is 45.2 Å². The molecule has 2 heterocycles. The van der Waals surface area contributed by atoms with E-state index in [1.165, 1.54) is 12.5 Å². The number of benzene rings is 1. The van der Waals surface area contributed by atoms with Gasteiger partial charge in [-0.15, -0.1) is 0 Å². The Morgan fingerprint density at radius 3 is 3.00 bits per heavy atom. The lowest BCUT2D eigenvalue weighted by molar-refractivity contribution is 0.0663. The molecule has 0 spiro atoms. The summed E-state index contributed by atoms with van der Waals surface area (Å²) in [6, 6.07) is 3.29. The van der Waals surface area contributed by atoms with Crippen LogP contribution in [0.15, 0.2) is 30.9 Å². The van der Waals surface area contributed by atoms with Gasteiger partial charge in [0.2, 0.25) is 0 Å². The van der Waals surface area contributed by atoms with E-state index in [4.69, 9.17) is 21.4 Å². The Morgan fingerprint density at radius 2 is 2.27 bits per heavy atom. The van der Waals surface area contributed by atoms with Crippen molar-refractivity contribution >= 4 is 28.4 Å². The lowest BCUT2D eigenvalue weighted by Gasteiger charge is -2.12. The van der Waals surface area contributed by atoms with E-state index < -0.39 is 5.82 Å². The zero-order chi connectivity index (χ0) is 18.7. The number of Topliss-reactive ketones (excluding diaryl/α,β-unsaturated/α-hetero) is 1. The van der Waals surface area contributed by atoms with Gasteiger partial charge in [-0.05, 0) is 17.7 Å². The Balaban J connectivity index is 2.09. The maximum Gasteiger partial charge on any atom is 0.188 e. The average Bonchev–Trinajstić information content (AvgIpc) is 3.00. The topological polar surface area (TPSA) is 77.2 Å². The SMILES string of the molecule is Cn1cnc2c(F)c(Cc3ccncc3Cl)c(C(=O)COCCO)cc21.